The van der Waals surface area contributed by atoms with Gasteiger partial charge in [-0.25, -0.2) is 15.0 Å². The van der Waals surface area contributed by atoms with Gasteiger partial charge in [0.25, 0.3) is 0 Å². The molecule has 0 aliphatic rings. The SMILES string of the molecule is c1ccc(-c2ccc3[nH]c4ccc(-c5ccc6oc7cccc(-c8nc(-c9ccccc9)nc(-c9ccccc9)n8)c7c6c5)cc4c3c2)cc1. The number of benzene rings is 7. The zero-order valence-corrected chi connectivity index (χ0v) is 26.8. The van der Waals surface area contributed by atoms with Gasteiger partial charge in [-0.15, -0.1) is 0 Å². The van der Waals surface area contributed by atoms with Gasteiger partial charge in [0.05, 0.1) is 0 Å². The van der Waals surface area contributed by atoms with Gasteiger partial charge in [-0.3, -0.25) is 0 Å². The summed E-state index contributed by atoms with van der Waals surface area (Å²) in [6.45, 7) is 0. The van der Waals surface area contributed by atoms with Crippen molar-refractivity contribution in [2.45, 2.75) is 0 Å². The van der Waals surface area contributed by atoms with Crippen LogP contribution in [0.15, 0.2) is 168 Å². The second kappa shape index (κ2) is 11.4. The smallest absolute Gasteiger partial charge is 0.164 e. The third kappa shape index (κ3) is 4.75. The van der Waals surface area contributed by atoms with Crippen LogP contribution in [0.25, 0.3) is 100 Å². The highest BCUT2D eigenvalue weighted by molar-refractivity contribution is 6.13. The van der Waals surface area contributed by atoms with Gasteiger partial charge >= 0.3 is 0 Å². The molecule has 7 aromatic carbocycles. The summed E-state index contributed by atoms with van der Waals surface area (Å²) in [4.78, 5) is 18.6. The highest BCUT2D eigenvalue weighted by Gasteiger charge is 2.18. The molecule has 0 aliphatic carbocycles. The molecule has 0 unspecified atom stereocenters. The summed E-state index contributed by atoms with van der Waals surface area (Å²) in [6, 6.07) is 56.5. The number of nitrogens with zero attached hydrogens (tertiary/aromatic N) is 3. The number of hydrogen-bond acceptors (Lipinski definition) is 4. The molecular weight excluding hydrogens is 613 g/mol. The Kier molecular flexibility index (Phi) is 6.42. The van der Waals surface area contributed by atoms with Gasteiger partial charge in [-0.05, 0) is 64.7 Å². The number of nitrogens with one attached hydrogen (secondary N) is 1. The Hall–Kier alpha value is -6.85. The van der Waals surface area contributed by atoms with Crippen LogP contribution < -0.4 is 0 Å². The molecule has 3 aromatic heterocycles. The maximum atomic E-state index is 6.43. The van der Waals surface area contributed by atoms with E-state index in [9.17, 15) is 0 Å². The predicted molar refractivity (Wildman–Crippen MR) is 204 cm³/mol. The fraction of sp³-hybridized carbons (Fsp3) is 0. The fourth-order valence-electron chi connectivity index (χ4n) is 7.01. The Labute approximate surface area is 287 Å². The Morgan fingerprint density at radius 1 is 0.360 bits per heavy atom. The van der Waals surface area contributed by atoms with Gasteiger partial charge in [-0.1, -0.05) is 121 Å². The molecule has 0 bridgehead atoms. The zero-order valence-electron chi connectivity index (χ0n) is 26.8. The minimum atomic E-state index is 0.603. The van der Waals surface area contributed by atoms with E-state index in [0.29, 0.717) is 17.5 Å². The first-order chi connectivity index (χ1) is 24.7. The van der Waals surface area contributed by atoms with E-state index in [1.807, 2.05) is 72.8 Å². The molecule has 0 amide bonds. The van der Waals surface area contributed by atoms with Crippen LogP contribution in [0, 0.1) is 0 Å². The molecule has 234 valence electrons. The van der Waals surface area contributed by atoms with Gasteiger partial charge in [0.1, 0.15) is 11.2 Å². The van der Waals surface area contributed by atoms with Crippen molar-refractivity contribution in [3.8, 4) is 56.4 Å². The third-order valence-electron chi connectivity index (χ3n) is 9.47. The summed E-state index contributed by atoms with van der Waals surface area (Å²) in [5.41, 5.74) is 11.3. The Bertz CT molecular complexity index is 2800. The first-order valence-corrected chi connectivity index (χ1v) is 16.7. The van der Waals surface area contributed by atoms with E-state index < -0.39 is 0 Å². The number of hydrogen-bond donors (Lipinski definition) is 1. The summed E-state index contributed by atoms with van der Waals surface area (Å²) < 4.78 is 6.43. The summed E-state index contributed by atoms with van der Waals surface area (Å²) in [5, 5.41) is 4.40. The maximum absolute atomic E-state index is 6.43. The van der Waals surface area contributed by atoms with Crippen molar-refractivity contribution in [3.63, 3.8) is 0 Å². The molecule has 50 heavy (non-hydrogen) atoms. The molecule has 5 heteroatoms. The van der Waals surface area contributed by atoms with E-state index in [0.717, 1.165) is 60.8 Å². The van der Waals surface area contributed by atoms with E-state index in [4.69, 9.17) is 19.4 Å². The van der Waals surface area contributed by atoms with Gasteiger partial charge in [0, 0.05) is 49.3 Å². The van der Waals surface area contributed by atoms with Crippen LogP contribution in [-0.4, -0.2) is 19.9 Å². The van der Waals surface area contributed by atoms with Gasteiger partial charge in [-0.2, -0.15) is 0 Å². The molecule has 10 rings (SSSR count). The van der Waals surface area contributed by atoms with Crippen LogP contribution in [0.5, 0.6) is 0 Å². The second-order valence-electron chi connectivity index (χ2n) is 12.5. The minimum absolute atomic E-state index is 0.603. The molecule has 0 aliphatic heterocycles. The van der Waals surface area contributed by atoms with E-state index >= 15 is 0 Å². The quantitative estimate of drug-likeness (QED) is 0.203. The minimum Gasteiger partial charge on any atom is -0.456 e. The summed E-state index contributed by atoms with van der Waals surface area (Å²) in [6.07, 6.45) is 0. The van der Waals surface area contributed by atoms with Gasteiger partial charge in [0.2, 0.25) is 0 Å². The lowest BCUT2D eigenvalue weighted by Gasteiger charge is -2.09. The van der Waals surface area contributed by atoms with Crippen LogP contribution >= 0.6 is 0 Å². The third-order valence-corrected chi connectivity index (χ3v) is 9.47. The summed E-state index contributed by atoms with van der Waals surface area (Å²) in [5.74, 6) is 1.86. The van der Waals surface area contributed by atoms with Crippen molar-refractivity contribution in [1.29, 1.82) is 0 Å². The molecule has 5 nitrogen and oxygen atoms in total. The Morgan fingerprint density at radius 3 is 1.46 bits per heavy atom. The van der Waals surface area contributed by atoms with Crippen LogP contribution in [0.2, 0.25) is 0 Å². The van der Waals surface area contributed by atoms with E-state index in [2.05, 4.69) is 96.0 Å². The van der Waals surface area contributed by atoms with Gasteiger partial charge in [0.15, 0.2) is 17.5 Å². The van der Waals surface area contributed by atoms with Gasteiger partial charge < -0.3 is 9.40 Å². The van der Waals surface area contributed by atoms with E-state index in [1.54, 1.807) is 0 Å². The summed E-state index contributed by atoms with van der Waals surface area (Å²) >= 11 is 0. The highest BCUT2D eigenvalue weighted by Crippen LogP contribution is 2.39. The monoisotopic (exact) mass is 640 g/mol. The van der Waals surface area contributed by atoms with Crippen LogP contribution in [0.3, 0.4) is 0 Å². The average molecular weight is 641 g/mol. The van der Waals surface area contributed by atoms with Crippen molar-refractivity contribution in [1.82, 2.24) is 19.9 Å². The van der Waals surface area contributed by atoms with Crippen LogP contribution in [0.1, 0.15) is 0 Å². The molecule has 0 spiro atoms. The molecular formula is C45H28N4O. The number of H-pyrrole nitrogens is 1. The molecule has 0 saturated heterocycles. The van der Waals surface area contributed by atoms with Crippen molar-refractivity contribution in [2.75, 3.05) is 0 Å². The van der Waals surface area contributed by atoms with Crippen molar-refractivity contribution in [3.05, 3.63) is 164 Å². The lowest BCUT2D eigenvalue weighted by Crippen LogP contribution is -2.00. The first kappa shape index (κ1) is 28.2. The van der Waals surface area contributed by atoms with E-state index in [1.165, 1.54) is 21.9 Å². The second-order valence-corrected chi connectivity index (χ2v) is 12.5. The molecule has 0 radical (unpaired) electrons. The maximum Gasteiger partial charge on any atom is 0.164 e. The molecule has 3 heterocycles. The molecule has 10 aromatic rings. The highest BCUT2D eigenvalue weighted by atomic mass is 16.3. The number of aromatic nitrogens is 4. The number of fused-ring (bicyclic) bond motifs is 6. The number of furan rings is 1. The van der Waals surface area contributed by atoms with Crippen LogP contribution in [-0.2, 0) is 0 Å². The molecule has 0 atom stereocenters. The summed E-state index contributed by atoms with van der Waals surface area (Å²) in [7, 11) is 0. The van der Waals surface area contributed by atoms with Crippen LogP contribution in [0.4, 0.5) is 0 Å². The predicted octanol–water partition coefficient (Wildman–Crippen LogP) is 11.7. The number of rotatable bonds is 5. The van der Waals surface area contributed by atoms with Crippen molar-refractivity contribution < 1.29 is 4.42 Å². The fourth-order valence-corrected chi connectivity index (χ4v) is 7.01. The molecule has 0 saturated carbocycles. The lowest BCUT2D eigenvalue weighted by atomic mass is 9.98. The topological polar surface area (TPSA) is 67.6 Å². The normalized spacial score (nSPS) is 11.6. The standard InChI is InChI=1S/C45H28N4O/c1-4-11-28(12-5-1)31-19-22-38-35(25-31)36-26-32(20-23-39(36)46-38)33-21-24-40-37(27-33)42-34(17-10-18-41(42)50-40)45-48-43(29-13-6-2-7-14-29)47-44(49-45)30-15-8-3-9-16-30/h1-27,46H. The Morgan fingerprint density at radius 2 is 0.860 bits per heavy atom. The lowest BCUT2D eigenvalue weighted by molar-refractivity contribution is 0.669. The number of aromatic amines is 1. The zero-order chi connectivity index (χ0) is 33.0. The van der Waals surface area contributed by atoms with Crippen molar-refractivity contribution >= 4 is 43.7 Å². The molecule has 1 N–H and O–H groups in total. The van der Waals surface area contributed by atoms with E-state index in [-0.39, 0.29) is 0 Å². The van der Waals surface area contributed by atoms with Crippen molar-refractivity contribution in [2.24, 2.45) is 0 Å². The average Bonchev–Trinajstić information content (AvgIpc) is 3.76. The molecule has 0 fully saturated rings. The largest absolute Gasteiger partial charge is 0.456 e. The Balaban J connectivity index is 1.14. The first-order valence-electron chi connectivity index (χ1n) is 16.7.